The topological polar surface area (TPSA) is 87.7 Å². The molecule has 0 bridgehead atoms. The average Bonchev–Trinajstić information content (AvgIpc) is 3.12. The first kappa shape index (κ1) is 22.3. The van der Waals surface area contributed by atoms with Crippen LogP contribution >= 0.6 is 11.3 Å². The van der Waals surface area contributed by atoms with Gasteiger partial charge in [0.05, 0.1) is 4.88 Å². The van der Waals surface area contributed by atoms with Crippen molar-refractivity contribution in [3.8, 4) is 5.75 Å². The average molecular weight is 456 g/mol. The Labute approximate surface area is 192 Å². The van der Waals surface area contributed by atoms with Crippen molar-refractivity contribution in [2.45, 2.75) is 44.9 Å². The Morgan fingerprint density at radius 3 is 2.53 bits per heavy atom. The zero-order valence-electron chi connectivity index (χ0n) is 18.1. The number of hydrogen-bond acceptors (Lipinski definition) is 5. The van der Waals surface area contributed by atoms with Crippen LogP contribution in [0.1, 0.15) is 52.2 Å². The second-order valence-corrected chi connectivity index (χ2v) is 9.46. The molecular formula is C24H29N3O4S. The Morgan fingerprint density at radius 1 is 1.00 bits per heavy atom. The first-order chi connectivity index (χ1) is 15.6. The standard InChI is InChI=1S/C24H29N3O4S/c28-22(16-31-19-8-4-2-5-9-19)27-13-11-17(12-14-27)23(29)25-26-24(30)21-15-18-7-3-1-6-10-20(18)32-21/h2,4-5,8-9,15,17H,1,3,6-7,10-14,16H2,(H,25,29)(H,26,30). The third-order valence-electron chi connectivity index (χ3n) is 6.09. The van der Waals surface area contributed by atoms with Crippen LogP contribution in [0.4, 0.5) is 0 Å². The van der Waals surface area contributed by atoms with Crippen LogP contribution in [0.15, 0.2) is 36.4 Å². The molecule has 0 unspecified atom stereocenters. The lowest BCUT2D eigenvalue weighted by atomic mass is 9.96. The highest BCUT2D eigenvalue weighted by Crippen LogP contribution is 2.28. The fourth-order valence-electron chi connectivity index (χ4n) is 4.21. The van der Waals surface area contributed by atoms with Crippen LogP contribution in [0.2, 0.25) is 0 Å². The summed E-state index contributed by atoms with van der Waals surface area (Å²) in [6.07, 6.45) is 6.76. The van der Waals surface area contributed by atoms with Gasteiger partial charge < -0.3 is 9.64 Å². The van der Waals surface area contributed by atoms with E-state index in [1.54, 1.807) is 4.90 Å². The van der Waals surface area contributed by atoms with Crippen LogP contribution in [0.3, 0.4) is 0 Å². The molecule has 8 heteroatoms. The van der Waals surface area contributed by atoms with Crippen molar-refractivity contribution in [2.75, 3.05) is 19.7 Å². The number of thiophene rings is 1. The smallest absolute Gasteiger partial charge is 0.279 e. The highest BCUT2D eigenvalue weighted by Gasteiger charge is 2.28. The number of aryl methyl sites for hydroxylation is 2. The van der Waals surface area contributed by atoms with Gasteiger partial charge in [0, 0.05) is 23.9 Å². The molecule has 4 rings (SSSR count). The molecule has 1 aliphatic heterocycles. The van der Waals surface area contributed by atoms with Gasteiger partial charge in [-0.2, -0.15) is 0 Å². The van der Waals surface area contributed by atoms with Crippen LogP contribution in [0.25, 0.3) is 0 Å². The molecule has 1 aromatic carbocycles. The van der Waals surface area contributed by atoms with E-state index in [1.165, 1.54) is 41.0 Å². The molecule has 32 heavy (non-hydrogen) atoms. The molecule has 2 N–H and O–H groups in total. The Balaban J connectivity index is 1.19. The summed E-state index contributed by atoms with van der Waals surface area (Å²) in [5.74, 6) is -0.118. The van der Waals surface area contributed by atoms with E-state index in [9.17, 15) is 14.4 Å². The second kappa shape index (κ2) is 10.6. The number of nitrogens with one attached hydrogen (secondary N) is 2. The maximum atomic E-state index is 12.5. The molecule has 0 atom stereocenters. The van der Waals surface area contributed by atoms with Gasteiger partial charge in [-0.05, 0) is 62.3 Å². The third-order valence-corrected chi connectivity index (χ3v) is 7.33. The van der Waals surface area contributed by atoms with Gasteiger partial charge in [-0.3, -0.25) is 25.2 Å². The van der Waals surface area contributed by atoms with Crippen molar-refractivity contribution in [1.82, 2.24) is 15.8 Å². The number of likely N-dealkylation sites (tertiary alicyclic amines) is 1. The number of nitrogens with zero attached hydrogens (tertiary/aromatic N) is 1. The van der Waals surface area contributed by atoms with Crippen molar-refractivity contribution in [2.24, 2.45) is 5.92 Å². The predicted molar refractivity (Wildman–Crippen MR) is 122 cm³/mol. The van der Waals surface area contributed by atoms with Crippen LogP contribution < -0.4 is 15.6 Å². The molecule has 1 aromatic heterocycles. The van der Waals surface area contributed by atoms with Gasteiger partial charge in [-0.15, -0.1) is 11.3 Å². The minimum Gasteiger partial charge on any atom is -0.484 e. The van der Waals surface area contributed by atoms with Crippen molar-refractivity contribution in [3.63, 3.8) is 0 Å². The molecule has 0 radical (unpaired) electrons. The monoisotopic (exact) mass is 455 g/mol. The SMILES string of the molecule is O=C(NNC(=O)C1CCN(C(=O)COc2ccccc2)CC1)c1cc2c(s1)CCCCC2. The fourth-order valence-corrected chi connectivity index (χ4v) is 5.35. The van der Waals surface area contributed by atoms with Crippen molar-refractivity contribution in [1.29, 1.82) is 0 Å². The molecule has 2 aliphatic rings. The number of para-hydroxylation sites is 1. The van der Waals surface area contributed by atoms with E-state index in [0.717, 1.165) is 12.8 Å². The number of fused-ring (bicyclic) bond motifs is 1. The van der Waals surface area contributed by atoms with E-state index in [-0.39, 0.29) is 30.2 Å². The maximum absolute atomic E-state index is 12.5. The molecule has 1 aliphatic carbocycles. The highest BCUT2D eigenvalue weighted by atomic mass is 32.1. The summed E-state index contributed by atoms with van der Waals surface area (Å²) in [5, 5.41) is 0. The molecule has 2 heterocycles. The summed E-state index contributed by atoms with van der Waals surface area (Å²) in [6, 6.07) is 11.2. The van der Waals surface area contributed by atoms with Crippen molar-refractivity contribution >= 4 is 29.1 Å². The largest absolute Gasteiger partial charge is 0.484 e. The number of hydrogen-bond donors (Lipinski definition) is 2. The summed E-state index contributed by atoms with van der Waals surface area (Å²) in [4.78, 5) is 41.0. The van der Waals surface area contributed by atoms with E-state index >= 15 is 0 Å². The summed E-state index contributed by atoms with van der Waals surface area (Å²) >= 11 is 1.53. The lowest BCUT2D eigenvalue weighted by Crippen LogP contribution is -2.48. The molecule has 0 saturated carbocycles. The number of carbonyl (C=O) groups excluding carboxylic acids is 3. The maximum Gasteiger partial charge on any atom is 0.279 e. The molecular weight excluding hydrogens is 426 g/mol. The number of hydrazine groups is 1. The second-order valence-electron chi connectivity index (χ2n) is 8.32. The summed E-state index contributed by atoms with van der Waals surface area (Å²) < 4.78 is 5.52. The number of amides is 3. The number of ether oxygens (including phenoxy) is 1. The van der Waals surface area contributed by atoms with E-state index in [4.69, 9.17) is 4.74 Å². The van der Waals surface area contributed by atoms with Crippen LogP contribution in [0.5, 0.6) is 5.75 Å². The first-order valence-electron chi connectivity index (χ1n) is 11.3. The molecule has 2 aromatic rings. The summed E-state index contributed by atoms with van der Waals surface area (Å²) in [7, 11) is 0. The zero-order valence-corrected chi connectivity index (χ0v) is 18.9. The van der Waals surface area contributed by atoms with Crippen LogP contribution in [0, 0.1) is 5.92 Å². The summed E-state index contributed by atoms with van der Waals surface area (Å²) in [6.45, 7) is 0.989. The van der Waals surface area contributed by atoms with Gasteiger partial charge >= 0.3 is 0 Å². The molecule has 7 nitrogen and oxygen atoms in total. The molecule has 170 valence electrons. The lowest BCUT2D eigenvalue weighted by Gasteiger charge is -2.31. The zero-order chi connectivity index (χ0) is 22.3. The molecule has 3 amide bonds. The molecule has 1 saturated heterocycles. The minimum absolute atomic E-state index is 0.0122. The van der Waals surface area contributed by atoms with Crippen LogP contribution in [-0.4, -0.2) is 42.3 Å². The van der Waals surface area contributed by atoms with Crippen molar-refractivity contribution in [3.05, 3.63) is 51.7 Å². The van der Waals surface area contributed by atoms with Gasteiger partial charge in [-0.25, -0.2) is 0 Å². The van der Waals surface area contributed by atoms with Gasteiger partial charge in [0.25, 0.3) is 11.8 Å². The molecule has 1 fully saturated rings. The normalized spacial score (nSPS) is 16.6. The number of piperidine rings is 1. The highest BCUT2D eigenvalue weighted by molar-refractivity contribution is 7.14. The van der Waals surface area contributed by atoms with E-state index in [2.05, 4.69) is 10.9 Å². The van der Waals surface area contributed by atoms with Gasteiger partial charge in [0.2, 0.25) is 5.91 Å². The number of rotatable bonds is 5. The number of carbonyl (C=O) groups is 3. The quantitative estimate of drug-likeness (QED) is 0.536. The predicted octanol–water partition coefficient (Wildman–Crippen LogP) is 3.10. The van der Waals surface area contributed by atoms with E-state index < -0.39 is 0 Å². The van der Waals surface area contributed by atoms with E-state index in [1.807, 2.05) is 36.4 Å². The third kappa shape index (κ3) is 5.68. The summed E-state index contributed by atoms with van der Waals surface area (Å²) in [5.41, 5.74) is 6.41. The Hall–Kier alpha value is -2.87. The first-order valence-corrected chi connectivity index (χ1v) is 12.1. The Bertz CT molecular complexity index is 928. The van der Waals surface area contributed by atoms with Gasteiger partial charge in [0.1, 0.15) is 5.75 Å². The van der Waals surface area contributed by atoms with Gasteiger partial charge in [0.15, 0.2) is 6.61 Å². The van der Waals surface area contributed by atoms with Crippen molar-refractivity contribution < 1.29 is 19.1 Å². The minimum atomic E-state index is -0.262. The molecule has 0 spiro atoms. The van der Waals surface area contributed by atoms with Gasteiger partial charge in [-0.1, -0.05) is 24.6 Å². The number of benzene rings is 1. The van der Waals surface area contributed by atoms with Crippen LogP contribution in [-0.2, 0) is 22.4 Å². The Morgan fingerprint density at radius 2 is 1.75 bits per heavy atom. The lowest BCUT2D eigenvalue weighted by molar-refractivity contribution is -0.137. The van der Waals surface area contributed by atoms with E-state index in [0.29, 0.717) is 36.6 Å². The fraction of sp³-hybridized carbons (Fsp3) is 0.458. The Kier molecular flexibility index (Phi) is 7.42.